The number of carbonyl (C=O) groups is 2. The molecule has 0 aliphatic carbocycles. The van der Waals surface area contributed by atoms with Crippen molar-refractivity contribution in [2.45, 2.75) is 13.8 Å². The van der Waals surface area contributed by atoms with Crippen molar-refractivity contribution in [1.29, 1.82) is 0 Å². The van der Waals surface area contributed by atoms with Gasteiger partial charge in [0.05, 0.1) is 4.91 Å². The number of aryl methyl sites for hydroxylation is 2. The van der Waals surface area contributed by atoms with E-state index in [0.29, 0.717) is 16.0 Å². The van der Waals surface area contributed by atoms with Gasteiger partial charge in [0.2, 0.25) is 0 Å². The molecule has 0 bridgehead atoms. The average molecular weight is 323 g/mol. The van der Waals surface area contributed by atoms with Crippen LogP contribution in [0.15, 0.2) is 17.0 Å². The van der Waals surface area contributed by atoms with Gasteiger partial charge in [-0.05, 0) is 48.7 Å². The van der Waals surface area contributed by atoms with E-state index in [4.69, 9.17) is 17.3 Å². The van der Waals surface area contributed by atoms with Gasteiger partial charge in [-0.2, -0.15) is 0 Å². The lowest BCUT2D eigenvalue weighted by atomic mass is 10.1. The van der Waals surface area contributed by atoms with E-state index < -0.39 is 18.4 Å². The summed E-state index contributed by atoms with van der Waals surface area (Å²) in [6, 6.07) is 3.51. The number of thioether (sulfide) groups is 1. The molecule has 1 aromatic carbocycles. The number of phenols is 1. The maximum absolute atomic E-state index is 12.1. The standard InChI is InChI=1S/C14H13NO4S2/c1-7-3-9(4-8(2)12(7)18)5-10-13(19)15(6-11(16)17)14(20)21-10/h3-5,18H,6H2,1-2H3,(H,16,17)/b10-5-. The van der Waals surface area contributed by atoms with Gasteiger partial charge in [-0.1, -0.05) is 24.0 Å². The van der Waals surface area contributed by atoms with Crippen LogP contribution in [0.25, 0.3) is 6.08 Å². The molecule has 5 nitrogen and oxygen atoms in total. The molecule has 2 N–H and O–H groups in total. The zero-order valence-electron chi connectivity index (χ0n) is 11.4. The number of nitrogens with zero attached hydrogens (tertiary/aromatic N) is 1. The summed E-state index contributed by atoms with van der Waals surface area (Å²) in [6.07, 6.45) is 1.65. The molecule has 21 heavy (non-hydrogen) atoms. The average Bonchev–Trinajstić information content (AvgIpc) is 2.63. The van der Waals surface area contributed by atoms with Gasteiger partial charge in [0.15, 0.2) is 0 Å². The van der Waals surface area contributed by atoms with E-state index in [1.165, 1.54) is 0 Å². The SMILES string of the molecule is Cc1cc(/C=C2\SC(=S)N(CC(=O)O)C2=O)cc(C)c1O. The van der Waals surface area contributed by atoms with Crippen LogP contribution < -0.4 is 0 Å². The third-order valence-corrected chi connectivity index (χ3v) is 4.36. The van der Waals surface area contributed by atoms with E-state index in [2.05, 4.69) is 0 Å². The number of thiocarbonyl (C=S) groups is 1. The third kappa shape index (κ3) is 3.25. The second-order valence-corrected chi connectivity index (χ2v) is 6.34. The minimum Gasteiger partial charge on any atom is -0.507 e. The quantitative estimate of drug-likeness (QED) is 0.656. The van der Waals surface area contributed by atoms with Crippen molar-refractivity contribution >= 4 is 46.3 Å². The van der Waals surface area contributed by atoms with Crippen LogP contribution in [0, 0.1) is 13.8 Å². The van der Waals surface area contributed by atoms with Crippen LogP contribution >= 0.6 is 24.0 Å². The number of carboxylic acid groups (broad SMARTS) is 1. The molecule has 1 fully saturated rings. The molecule has 110 valence electrons. The molecule has 1 saturated heterocycles. The summed E-state index contributed by atoms with van der Waals surface area (Å²) in [4.78, 5) is 24.3. The van der Waals surface area contributed by atoms with Crippen molar-refractivity contribution < 1.29 is 19.8 Å². The van der Waals surface area contributed by atoms with Gasteiger partial charge in [-0.15, -0.1) is 0 Å². The molecule has 0 saturated carbocycles. The molecule has 0 radical (unpaired) electrons. The maximum Gasteiger partial charge on any atom is 0.323 e. The number of aliphatic carboxylic acids is 1. The zero-order chi connectivity index (χ0) is 15.7. The number of aromatic hydroxyl groups is 1. The van der Waals surface area contributed by atoms with E-state index in [1.54, 1.807) is 32.1 Å². The molecule has 0 unspecified atom stereocenters. The predicted octanol–water partition coefficient (Wildman–Crippen LogP) is 2.29. The van der Waals surface area contributed by atoms with Crippen molar-refractivity contribution in [3.05, 3.63) is 33.7 Å². The van der Waals surface area contributed by atoms with E-state index in [9.17, 15) is 14.7 Å². The molecule has 0 spiro atoms. The molecule has 1 heterocycles. The number of rotatable bonds is 3. The second-order valence-electron chi connectivity index (χ2n) is 4.66. The second kappa shape index (κ2) is 5.87. The van der Waals surface area contributed by atoms with Crippen molar-refractivity contribution in [3.8, 4) is 5.75 Å². The van der Waals surface area contributed by atoms with Crippen molar-refractivity contribution in [2.24, 2.45) is 0 Å². The molecule has 1 aliphatic rings. The minimum absolute atomic E-state index is 0.227. The highest BCUT2D eigenvalue weighted by Crippen LogP contribution is 2.33. The van der Waals surface area contributed by atoms with Gasteiger partial charge in [-0.25, -0.2) is 0 Å². The van der Waals surface area contributed by atoms with Crippen LogP contribution in [0.3, 0.4) is 0 Å². The Morgan fingerprint density at radius 2 is 1.95 bits per heavy atom. The Morgan fingerprint density at radius 3 is 2.48 bits per heavy atom. The molecule has 0 atom stereocenters. The van der Waals surface area contributed by atoms with Gasteiger partial charge in [0, 0.05) is 0 Å². The molecule has 1 aromatic rings. The predicted molar refractivity (Wildman–Crippen MR) is 85.1 cm³/mol. The summed E-state index contributed by atoms with van der Waals surface area (Å²) < 4.78 is 0.237. The molecule has 2 rings (SSSR count). The van der Waals surface area contributed by atoms with Gasteiger partial charge in [0.1, 0.15) is 16.6 Å². The first-order valence-corrected chi connectivity index (χ1v) is 7.29. The largest absolute Gasteiger partial charge is 0.507 e. The molecule has 7 heteroatoms. The first-order chi connectivity index (χ1) is 9.79. The molecule has 1 aliphatic heterocycles. The van der Waals surface area contributed by atoms with Crippen LogP contribution in [-0.4, -0.2) is 37.9 Å². The fraction of sp³-hybridized carbons (Fsp3) is 0.214. The molecule has 0 aromatic heterocycles. The topological polar surface area (TPSA) is 77.8 Å². The summed E-state index contributed by atoms with van der Waals surface area (Å²) in [7, 11) is 0. The molecule has 1 amide bonds. The first-order valence-electron chi connectivity index (χ1n) is 6.07. The lowest BCUT2D eigenvalue weighted by Crippen LogP contribution is -2.33. The summed E-state index contributed by atoms with van der Waals surface area (Å²) in [5.74, 6) is -1.29. The van der Waals surface area contributed by atoms with Crippen molar-refractivity contribution in [1.82, 2.24) is 4.90 Å². The monoisotopic (exact) mass is 323 g/mol. The van der Waals surface area contributed by atoms with Crippen molar-refractivity contribution in [2.75, 3.05) is 6.54 Å². The highest BCUT2D eigenvalue weighted by atomic mass is 32.2. The maximum atomic E-state index is 12.1. The number of amides is 1. The fourth-order valence-electron chi connectivity index (χ4n) is 2.00. The summed E-state index contributed by atoms with van der Waals surface area (Å²) in [5, 5.41) is 18.5. The van der Waals surface area contributed by atoms with Crippen LogP contribution in [0.5, 0.6) is 5.75 Å². The Kier molecular flexibility index (Phi) is 4.34. The Morgan fingerprint density at radius 1 is 1.38 bits per heavy atom. The van der Waals surface area contributed by atoms with Crippen molar-refractivity contribution in [3.63, 3.8) is 0 Å². The fourth-order valence-corrected chi connectivity index (χ4v) is 3.25. The summed E-state index contributed by atoms with van der Waals surface area (Å²) in [5.41, 5.74) is 2.18. The van der Waals surface area contributed by atoms with Crippen LogP contribution in [0.1, 0.15) is 16.7 Å². The number of carbonyl (C=O) groups excluding carboxylic acids is 1. The highest BCUT2D eigenvalue weighted by Gasteiger charge is 2.33. The number of hydrogen-bond donors (Lipinski definition) is 2. The van der Waals surface area contributed by atoms with E-state index >= 15 is 0 Å². The number of hydrogen-bond acceptors (Lipinski definition) is 5. The Bertz CT molecular complexity index is 659. The summed E-state index contributed by atoms with van der Waals surface area (Å²) >= 11 is 6.10. The Balaban J connectivity index is 2.33. The van der Waals surface area contributed by atoms with Gasteiger partial charge in [-0.3, -0.25) is 14.5 Å². The Hall–Kier alpha value is -1.86. The van der Waals surface area contributed by atoms with Gasteiger partial charge in [0.25, 0.3) is 5.91 Å². The van der Waals surface area contributed by atoms with E-state index in [1.807, 2.05) is 0 Å². The smallest absolute Gasteiger partial charge is 0.323 e. The van der Waals surface area contributed by atoms with E-state index in [0.717, 1.165) is 22.2 Å². The zero-order valence-corrected chi connectivity index (χ0v) is 13.0. The van der Waals surface area contributed by atoms with Gasteiger partial charge < -0.3 is 10.2 Å². The number of carboxylic acids is 1. The Labute approximate surface area is 131 Å². The van der Waals surface area contributed by atoms with E-state index in [-0.39, 0.29) is 10.1 Å². The normalized spacial score (nSPS) is 16.9. The highest BCUT2D eigenvalue weighted by molar-refractivity contribution is 8.26. The first kappa shape index (κ1) is 15.5. The third-order valence-electron chi connectivity index (χ3n) is 2.98. The number of phenolic OH excluding ortho intramolecular Hbond substituents is 1. The van der Waals surface area contributed by atoms with Crippen LogP contribution in [-0.2, 0) is 9.59 Å². The van der Waals surface area contributed by atoms with Crippen LogP contribution in [0.4, 0.5) is 0 Å². The molecular weight excluding hydrogens is 310 g/mol. The molecular formula is C14H13NO4S2. The lowest BCUT2D eigenvalue weighted by Gasteiger charge is -2.10. The summed E-state index contributed by atoms with van der Waals surface area (Å²) in [6.45, 7) is 3.11. The van der Waals surface area contributed by atoms with Gasteiger partial charge >= 0.3 is 5.97 Å². The number of benzene rings is 1. The lowest BCUT2D eigenvalue weighted by molar-refractivity contribution is -0.140. The minimum atomic E-state index is -1.11. The van der Waals surface area contributed by atoms with Crippen LogP contribution in [0.2, 0.25) is 0 Å².